The van der Waals surface area contributed by atoms with Crippen LogP contribution in [-0.4, -0.2) is 28.9 Å². The van der Waals surface area contributed by atoms with Crippen molar-refractivity contribution < 1.29 is 9.16 Å². The van der Waals surface area contributed by atoms with Crippen LogP contribution in [0.2, 0.25) is 6.55 Å². The molecular formula is C13H21O2Si. The Balaban J connectivity index is 2.09. The van der Waals surface area contributed by atoms with Crippen molar-refractivity contribution in [3.8, 4) is 0 Å². The molecule has 3 heteroatoms. The molecule has 0 atom stereocenters. The standard InChI is InChI=1S/C13H21O2Si/c1-3-14-10-7-11-15-16(2)12-13-8-5-4-6-9-13/h4-6,8-9H,3,7,10-12H2,1-2H3. The SMILES string of the molecule is CCOCCCO[Si](C)Cc1ccccc1. The van der Waals surface area contributed by atoms with Crippen LogP contribution in [0.5, 0.6) is 0 Å². The van der Waals surface area contributed by atoms with Crippen LogP contribution < -0.4 is 0 Å². The Labute approximate surface area is 100 Å². The molecule has 0 spiro atoms. The van der Waals surface area contributed by atoms with Crippen molar-refractivity contribution in [3.05, 3.63) is 35.9 Å². The van der Waals surface area contributed by atoms with E-state index in [1.165, 1.54) is 5.56 Å². The second kappa shape index (κ2) is 8.50. The zero-order valence-electron chi connectivity index (χ0n) is 10.2. The van der Waals surface area contributed by atoms with E-state index in [9.17, 15) is 0 Å². The van der Waals surface area contributed by atoms with Crippen LogP contribution in [0.4, 0.5) is 0 Å². The van der Waals surface area contributed by atoms with Gasteiger partial charge in [-0.3, -0.25) is 0 Å². The Morgan fingerprint density at radius 1 is 1.12 bits per heavy atom. The lowest BCUT2D eigenvalue weighted by molar-refractivity contribution is 0.130. The van der Waals surface area contributed by atoms with Gasteiger partial charge in [-0.05, 0) is 31.5 Å². The molecule has 0 aliphatic rings. The average molecular weight is 237 g/mol. The van der Waals surface area contributed by atoms with Gasteiger partial charge in [-0.2, -0.15) is 0 Å². The lowest BCUT2D eigenvalue weighted by Crippen LogP contribution is -2.18. The zero-order valence-corrected chi connectivity index (χ0v) is 11.2. The molecule has 0 aliphatic carbocycles. The minimum atomic E-state index is -0.685. The van der Waals surface area contributed by atoms with E-state index in [0.717, 1.165) is 32.3 Å². The van der Waals surface area contributed by atoms with Crippen molar-refractivity contribution in [1.82, 2.24) is 0 Å². The normalized spacial score (nSPS) is 10.9. The summed E-state index contributed by atoms with van der Waals surface area (Å²) in [7, 11) is -0.685. The van der Waals surface area contributed by atoms with Gasteiger partial charge in [0.1, 0.15) is 0 Å². The van der Waals surface area contributed by atoms with Gasteiger partial charge in [0.05, 0.1) is 0 Å². The summed E-state index contributed by atoms with van der Waals surface area (Å²) < 4.78 is 11.1. The molecule has 89 valence electrons. The van der Waals surface area contributed by atoms with Crippen LogP contribution in [0, 0.1) is 0 Å². The number of ether oxygens (including phenoxy) is 1. The largest absolute Gasteiger partial charge is 0.416 e. The lowest BCUT2D eigenvalue weighted by Gasteiger charge is -2.10. The fourth-order valence-electron chi connectivity index (χ4n) is 1.49. The smallest absolute Gasteiger partial charge is 0.212 e. The first-order valence-corrected chi connectivity index (χ1v) is 8.01. The quantitative estimate of drug-likeness (QED) is 0.511. The van der Waals surface area contributed by atoms with Gasteiger partial charge in [-0.1, -0.05) is 30.3 Å². The van der Waals surface area contributed by atoms with Gasteiger partial charge in [0.25, 0.3) is 0 Å². The monoisotopic (exact) mass is 237 g/mol. The topological polar surface area (TPSA) is 18.5 Å². The fourth-order valence-corrected chi connectivity index (χ4v) is 2.89. The van der Waals surface area contributed by atoms with Gasteiger partial charge in [-0.25, -0.2) is 0 Å². The van der Waals surface area contributed by atoms with E-state index in [2.05, 4.69) is 36.9 Å². The Bertz CT molecular complexity index is 264. The summed E-state index contributed by atoms with van der Waals surface area (Å²) in [6, 6.07) is 11.6. The fraction of sp³-hybridized carbons (Fsp3) is 0.538. The first-order chi connectivity index (χ1) is 7.83. The van der Waals surface area contributed by atoms with E-state index in [1.807, 2.05) is 6.92 Å². The molecule has 1 aromatic rings. The summed E-state index contributed by atoms with van der Waals surface area (Å²) in [5, 5.41) is 0. The van der Waals surface area contributed by atoms with Crippen LogP contribution in [0.25, 0.3) is 0 Å². The van der Waals surface area contributed by atoms with Crippen LogP contribution in [0.1, 0.15) is 18.9 Å². The second-order valence-corrected chi connectivity index (χ2v) is 5.81. The third-order valence-corrected chi connectivity index (χ3v) is 3.88. The summed E-state index contributed by atoms with van der Waals surface area (Å²) in [4.78, 5) is 0. The van der Waals surface area contributed by atoms with E-state index >= 15 is 0 Å². The summed E-state index contributed by atoms with van der Waals surface area (Å²) in [6.45, 7) is 6.69. The maximum atomic E-state index is 5.81. The predicted molar refractivity (Wildman–Crippen MR) is 68.8 cm³/mol. The highest BCUT2D eigenvalue weighted by molar-refractivity contribution is 6.49. The van der Waals surface area contributed by atoms with E-state index < -0.39 is 9.04 Å². The first kappa shape index (κ1) is 13.4. The van der Waals surface area contributed by atoms with Gasteiger partial charge < -0.3 is 9.16 Å². The van der Waals surface area contributed by atoms with E-state index in [-0.39, 0.29) is 0 Å². The van der Waals surface area contributed by atoms with E-state index in [0.29, 0.717) is 0 Å². The van der Waals surface area contributed by atoms with Crippen molar-refractivity contribution in [2.45, 2.75) is 25.9 Å². The van der Waals surface area contributed by atoms with E-state index in [1.54, 1.807) is 0 Å². The summed E-state index contributed by atoms with van der Waals surface area (Å²) in [5.41, 5.74) is 1.38. The van der Waals surface area contributed by atoms with Crippen molar-refractivity contribution in [2.24, 2.45) is 0 Å². The number of benzene rings is 1. The third-order valence-electron chi connectivity index (χ3n) is 2.28. The van der Waals surface area contributed by atoms with Crippen LogP contribution >= 0.6 is 0 Å². The summed E-state index contributed by atoms with van der Waals surface area (Å²) in [6.07, 6.45) is 1.00. The summed E-state index contributed by atoms with van der Waals surface area (Å²) in [5.74, 6) is 0. The molecule has 16 heavy (non-hydrogen) atoms. The molecule has 0 N–H and O–H groups in total. The van der Waals surface area contributed by atoms with Gasteiger partial charge in [0.15, 0.2) is 0 Å². The van der Waals surface area contributed by atoms with Crippen LogP contribution in [0.3, 0.4) is 0 Å². The van der Waals surface area contributed by atoms with E-state index in [4.69, 9.17) is 9.16 Å². The molecule has 1 radical (unpaired) electrons. The highest BCUT2D eigenvalue weighted by Crippen LogP contribution is 2.03. The molecule has 0 amide bonds. The molecule has 1 aromatic carbocycles. The van der Waals surface area contributed by atoms with Crippen molar-refractivity contribution in [3.63, 3.8) is 0 Å². The Kier molecular flexibility index (Phi) is 7.13. The molecule has 0 aromatic heterocycles. The number of rotatable bonds is 8. The number of hydrogen-bond donors (Lipinski definition) is 0. The maximum absolute atomic E-state index is 5.81. The second-order valence-electron chi connectivity index (χ2n) is 3.76. The number of hydrogen-bond acceptors (Lipinski definition) is 2. The highest BCUT2D eigenvalue weighted by atomic mass is 28.3. The predicted octanol–water partition coefficient (Wildman–Crippen LogP) is 2.83. The maximum Gasteiger partial charge on any atom is 0.212 e. The molecular weight excluding hydrogens is 216 g/mol. The molecule has 0 heterocycles. The molecule has 0 saturated carbocycles. The van der Waals surface area contributed by atoms with Gasteiger partial charge in [-0.15, -0.1) is 0 Å². The molecule has 0 saturated heterocycles. The van der Waals surface area contributed by atoms with Gasteiger partial charge in [0, 0.05) is 19.8 Å². The van der Waals surface area contributed by atoms with Gasteiger partial charge in [0.2, 0.25) is 9.04 Å². The minimum absolute atomic E-state index is 0.685. The van der Waals surface area contributed by atoms with Crippen molar-refractivity contribution >= 4 is 9.04 Å². The van der Waals surface area contributed by atoms with Crippen molar-refractivity contribution in [1.29, 1.82) is 0 Å². The molecule has 0 unspecified atom stereocenters. The van der Waals surface area contributed by atoms with Crippen LogP contribution in [0.15, 0.2) is 30.3 Å². The van der Waals surface area contributed by atoms with Crippen molar-refractivity contribution in [2.75, 3.05) is 19.8 Å². The lowest BCUT2D eigenvalue weighted by atomic mass is 10.2. The average Bonchev–Trinajstić information content (AvgIpc) is 2.30. The Morgan fingerprint density at radius 2 is 1.88 bits per heavy atom. The Hall–Kier alpha value is -0.643. The molecule has 0 bridgehead atoms. The molecule has 0 aliphatic heterocycles. The zero-order chi connectivity index (χ0) is 11.6. The minimum Gasteiger partial charge on any atom is -0.416 e. The van der Waals surface area contributed by atoms with Gasteiger partial charge >= 0.3 is 0 Å². The molecule has 2 nitrogen and oxygen atoms in total. The highest BCUT2D eigenvalue weighted by Gasteiger charge is 2.06. The summed E-state index contributed by atoms with van der Waals surface area (Å²) >= 11 is 0. The molecule has 1 rings (SSSR count). The molecule has 0 fully saturated rings. The van der Waals surface area contributed by atoms with Crippen LogP contribution in [-0.2, 0) is 15.2 Å². The first-order valence-electron chi connectivity index (χ1n) is 5.90. The third kappa shape index (κ3) is 6.05. The Morgan fingerprint density at radius 3 is 2.56 bits per heavy atom.